The number of piperazine rings is 1. The van der Waals surface area contributed by atoms with E-state index in [0.717, 1.165) is 6.42 Å². The van der Waals surface area contributed by atoms with Crippen molar-refractivity contribution in [2.75, 3.05) is 26.2 Å². The molecule has 1 aliphatic carbocycles. The molecule has 0 radical (unpaired) electrons. The second-order valence-corrected chi connectivity index (χ2v) is 9.80. The highest BCUT2D eigenvalue weighted by Gasteiger charge is 2.30. The molecule has 2 fully saturated rings. The fourth-order valence-corrected chi connectivity index (χ4v) is 5.56. The van der Waals surface area contributed by atoms with E-state index in [1.165, 1.54) is 48.2 Å². The molecule has 0 bridgehead atoms. The fourth-order valence-electron chi connectivity index (χ4n) is 3.75. The van der Waals surface area contributed by atoms with Crippen molar-refractivity contribution in [2.24, 2.45) is 5.92 Å². The average molecular weight is 419 g/mol. The van der Waals surface area contributed by atoms with Crippen LogP contribution in [0.3, 0.4) is 0 Å². The summed E-state index contributed by atoms with van der Waals surface area (Å²) in [5, 5.41) is 0.539. The number of hydrogen-bond acceptors (Lipinski definition) is 3. The lowest BCUT2D eigenvalue weighted by atomic mass is 10.0. The van der Waals surface area contributed by atoms with Gasteiger partial charge in [-0.25, -0.2) is 8.42 Å². The highest BCUT2D eigenvalue weighted by Crippen LogP contribution is 2.29. The van der Waals surface area contributed by atoms with Crippen molar-refractivity contribution in [3.63, 3.8) is 0 Å². The summed E-state index contributed by atoms with van der Waals surface area (Å²) in [6.45, 7) is 1.48. The number of carbonyl (C=O) groups excluding carboxylic acids is 1. The van der Waals surface area contributed by atoms with Crippen molar-refractivity contribution >= 4 is 39.1 Å². The minimum Gasteiger partial charge on any atom is -0.340 e. The van der Waals surface area contributed by atoms with E-state index in [0.29, 0.717) is 43.5 Å². The first-order valence-corrected chi connectivity index (χ1v) is 11.3. The summed E-state index contributed by atoms with van der Waals surface area (Å²) < 4.78 is 26.9. The Morgan fingerprint density at radius 2 is 1.69 bits per heavy atom. The zero-order valence-electron chi connectivity index (χ0n) is 14.7. The molecular weight excluding hydrogens is 395 g/mol. The molecule has 0 spiro atoms. The van der Waals surface area contributed by atoms with Gasteiger partial charge in [-0.2, -0.15) is 4.31 Å². The summed E-state index contributed by atoms with van der Waals surface area (Å²) in [5.74, 6) is 0.832. The Morgan fingerprint density at radius 1 is 1.04 bits per heavy atom. The Bertz CT molecular complexity index is 756. The van der Waals surface area contributed by atoms with Gasteiger partial charge in [0, 0.05) is 32.6 Å². The predicted octanol–water partition coefficient (Wildman–Crippen LogP) is 3.80. The smallest absolute Gasteiger partial charge is 0.243 e. The number of rotatable bonds is 5. The first-order valence-electron chi connectivity index (χ1n) is 9.11. The quantitative estimate of drug-likeness (QED) is 0.730. The molecule has 1 heterocycles. The Hall–Kier alpha value is -0.820. The third kappa shape index (κ3) is 4.53. The first-order chi connectivity index (χ1) is 12.4. The maximum absolute atomic E-state index is 12.7. The predicted molar refractivity (Wildman–Crippen MR) is 103 cm³/mol. The van der Waals surface area contributed by atoms with E-state index in [1.807, 2.05) is 0 Å². The Labute approximate surface area is 165 Å². The van der Waals surface area contributed by atoms with Crippen LogP contribution in [0.25, 0.3) is 0 Å². The van der Waals surface area contributed by atoms with Crippen molar-refractivity contribution in [3.05, 3.63) is 28.2 Å². The van der Waals surface area contributed by atoms with Crippen LogP contribution in [0.15, 0.2) is 23.1 Å². The van der Waals surface area contributed by atoms with Crippen molar-refractivity contribution in [1.82, 2.24) is 9.21 Å². The fraction of sp³-hybridized carbons (Fsp3) is 0.611. The third-order valence-corrected chi connectivity index (χ3v) is 8.00. The monoisotopic (exact) mass is 418 g/mol. The van der Waals surface area contributed by atoms with Gasteiger partial charge in [0.2, 0.25) is 15.9 Å². The van der Waals surface area contributed by atoms with Crippen molar-refractivity contribution in [2.45, 2.75) is 43.4 Å². The molecule has 1 amide bonds. The van der Waals surface area contributed by atoms with Gasteiger partial charge in [0.15, 0.2) is 0 Å². The highest BCUT2D eigenvalue weighted by molar-refractivity contribution is 7.89. The normalized spacial score (nSPS) is 19.8. The summed E-state index contributed by atoms with van der Waals surface area (Å²) >= 11 is 11.8. The first kappa shape index (κ1) is 19.9. The van der Waals surface area contributed by atoms with Gasteiger partial charge in [0.1, 0.15) is 0 Å². The van der Waals surface area contributed by atoms with Crippen LogP contribution in [0, 0.1) is 5.92 Å². The van der Waals surface area contributed by atoms with Gasteiger partial charge in [-0.05, 0) is 30.5 Å². The SMILES string of the molecule is O=C(CCC1CCCC1)N1CCN(S(=O)(=O)c2ccc(Cl)c(Cl)c2)CC1. The van der Waals surface area contributed by atoms with E-state index in [2.05, 4.69) is 0 Å². The number of sulfonamides is 1. The van der Waals surface area contributed by atoms with Crippen molar-refractivity contribution in [1.29, 1.82) is 0 Å². The summed E-state index contributed by atoms with van der Waals surface area (Å²) in [4.78, 5) is 14.3. The van der Waals surface area contributed by atoms with Gasteiger partial charge >= 0.3 is 0 Å². The minimum absolute atomic E-state index is 0.132. The molecule has 1 aliphatic heterocycles. The molecule has 5 nitrogen and oxygen atoms in total. The molecule has 0 aromatic heterocycles. The third-order valence-electron chi connectivity index (χ3n) is 5.36. The number of carbonyl (C=O) groups is 1. The van der Waals surface area contributed by atoms with Crippen molar-refractivity contribution in [3.8, 4) is 0 Å². The molecule has 1 saturated heterocycles. The Kier molecular flexibility index (Phi) is 6.49. The van der Waals surface area contributed by atoms with Crippen LogP contribution in [0.4, 0.5) is 0 Å². The number of hydrogen-bond donors (Lipinski definition) is 0. The van der Waals surface area contributed by atoms with Gasteiger partial charge in [-0.15, -0.1) is 0 Å². The zero-order valence-corrected chi connectivity index (χ0v) is 17.0. The van der Waals surface area contributed by atoms with E-state index in [-0.39, 0.29) is 15.8 Å². The van der Waals surface area contributed by atoms with E-state index in [1.54, 1.807) is 4.90 Å². The summed E-state index contributed by atoms with van der Waals surface area (Å²) in [6.07, 6.45) is 6.57. The largest absolute Gasteiger partial charge is 0.340 e. The van der Waals surface area contributed by atoms with Gasteiger partial charge in [-0.1, -0.05) is 48.9 Å². The molecule has 0 N–H and O–H groups in total. The van der Waals surface area contributed by atoms with Crippen LogP contribution in [0.1, 0.15) is 38.5 Å². The molecule has 0 atom stereocenters. The van der Waals surface area contributed by atoms with Gasteiger partial charge in [0.25, 0.3) is 0 Å². The molecule has 1 aromatic carbocycles. The number of amides is 1. The van der Waals surface area contributed by atoms with Crippen LogP contribution >= 0.6 is 23.2 Å². The lowest BCUT2D eigenvalue weighted by Crippen LogP contribution is -2.50. The summed E-state index contributed by atoms with van der Waals surface area (Å²) in [6, 6.07) is 4.32. The van der Waals surface area contributed by atoms with E-state index < -0.39 is 10.0 Å². The number of halogens is 2. The number of nitrogens with zero attached hydrogens (tertiary/aromatic N) is 2. The van der Waals surface area contributed by atoms with Crippen LogP contribution in [0.2, 0.25) is 10.0 Å². The lowest BCUT2D eigenvalue weighted by Gasteiger charge is -2.34. The minimum atomic E-state index is -3.62. The Morgan fingerprint density at radius 3 is 2.31 bits per heavy atom. The second kappa shape index (κ2) is 8.46. The maximum atomic E-state index is 12.7. The molecule has 0 unspecified atom stereocenters. The van der Waals surface area contributed by atoms with Crippen LogP contribution < -0.4 is 0 Å². The molecule has 1 saturated carbocycles. The highest BCUT2D eigenvalue weighted by atomic mass is 35.5. The molecule has 3 rings (SSSR count). The van der Waals surface area contributed by atoms with Crippen LogP contribution in [-0.4, -0.2) is 49.7 Å². The average Bonchev–Trinajstić information content (AvgIpc) is 3.15. The number of benzene rings is 1. The van der Waals surface area contributed by atoms with Crippen LogP contribution in [-0.2, 0) is 14.8 Å². The van der Waals surface area contributed by atoms with E-state index >= 15 is 0 Å². The molecule has 26 heavy (non-hydrogen) atoms. The second-order valence-electron chi connectivity index (χ2n) is 7.05. The molecule has 8 heteroatoms. The lowest BCUT2D eigenvalue weighted by molar-refractivity contribution is -0.132. The Balaban J connectivity index is 1.55. The topological polar surface area (TPSA) is 57.7 Å². The molecule has 1 aromatic rings. The van der Waals surface area contributed by atoms with Crippen LogP contribution in [0.5, 0.6) is 0 Å². The maximum Gasteiger partial charge on any atom is 0.243 e. The summed E-state index contributed by atoms with van der Waals surface area (Å²) in [7, 11) is -3.62. The zero-order chi connectivity index (χ0) is 18.7. The van der Waals surface area contributed by atoms with Crippen molar-refractivity contribution < 1.29 is 13.2 Å². The van der Waals surface area contributed by atoms with Gasteiger partial charge in [0.05, 0.1) is 14.9 Å². The summed E-state index contributed by atoms with van der Waals surface area (Å²) in [5.41, 5.74) is 0. The van der Waals surface area contributed by atoms with Gasteiger partial charge in [-0.3, -0.25) is 4.79 Å². The molecule has 144 valence electrons. The standard InChI is InChI=1S/C18H24Cl2N2O3S/c19-16-7-6-15(13-17(16)20)26(24,25)22-11-9-21(10-12-22)18(23)8-5-14-3-1-2-4-14/h6-7,13-14H,1-5,8-12H2. The molecule has 2 aliphatic rings. The van der Waals surface area contributed by atoms with Gasteiger partial charge < -0.3 is 4.90 Å². The van der Waals surface area contributed by atoms with E-state index in [9.17, 15) is 13.2 Å². The van der Waals surface area contributed by atoms with E-state index in [4.69, 9.17) is 23.2 Å². The molecular formula is C18H24Cl2N2O3S.